The molecule has 1 atom stereocenters. The molecule has 0 aromatic heterocycles. The minimum atomic E-state index is -0.957. The Labute approximate surface area is 147 Å². The summed E-state index contributed by atoms with van der Waals surface area (Å²) in [5.41, 5.74) is 1.15. The fraction of sp³-hybridized carbons (Fsp3) is 0.474. The summed E-state index contributed by atoms with van der Waals surface area (Å²) in [6.45, 7) is 3.02. The van der Waals surface area contributed by atoms with E-state index in [1.807, 2.05) is 19.1 Å². The van der Waals surface area contributed by atoms with Crippen LogP contribution in [0, 0.1) is 19.3 Å². The van der Waals surface area contributed by atoms with Crippen molar-refractivity contribution in [3.63, 3.8) is 0 Å². The molecule has 1 aromatic carbocycles. The zero-order chi connectivity index (χ0) is 18.2. The topological polar surface area (TPSA) is 59.1 Å². The third-order valence-corrected chi connectivity index (χ3v) is 5.22. The molecule has 2 heterocycles. The van der Waals surface area contributed by atoms with Gasteiger partial charge in [0.1, 0.15) is 11.5 Å². The quantitative estimate of drug-likeness (QED) is 0.614. The first-order valence-corrected chi connectivity index (χ1v) is 8.27. The van der Waals surface area contributed by atoms with E-state index in [1.54, 1.807) is 18.2 Å². The second kappa shape index (κ2) is 6.60. The standard InChI is InChI=1S/C19H22N2O4/c1-5-14-7-6-13(2)12-15(14)16-17(22)19(21(25-4)18(16)23)8-10-20(24-3)11-9-19/h1,6-7,12,16H,8-11H2,2-4H3. The van der Waals surface area contributed by atoms with Gasteiger partial charge in [0.2, 0.25) is 0 Å². The highest BCUT2D eigenvalue weighted by atomic mass is 16.7. The van der Waals surface area contributed by atoms with Gasteiger partial charge >= 0.3 is 0 Å². The van der Waals surface area contributed by atoms with Crippen molar-refractivity contribution in [2.75, 3.05) is 27.3 Å². The van der Waals surface area contributed by atoms with Crippen LogP contribution >= 0.6 is 0 Å². The molecule has 25 heavy (non-hydrogen) atoms. The third-order valence-electron chi connectivity index (χ3n) is 5.22. The highest BCUT2D eigenvalue weighted by Gasteiger charge is 2.60. The number of terminal acetylenes is 1. The van der Waals surface area contributed by atoms with Crippen LogP contribution < -0.4 is 0 Å². The Bertz CT molecular complexity index is 744. The zero-order valence-electron chi connectivity index (χ0n) is 14.7. The van der Waals surface area contributed by atoms with Gasteiger partial charge < -0.3 is 4.84 Å². The van der Waals surface area contributed by atoms with E-state index in [4.69, 9.17) is 16.1 Å². The fourth-order valence-corrected chi connectivity index (χ4v) is 3.89. The van der Waals surface area contributed by atoms with E-state index < -0.39 is 11.5 Å². The summed E-state index contributed by atoms with van der Waals surface area (Å²) >= 11 is 0. The molecule has 1 spiro atoms. The summed E-state index contributed by atoms with van der Waals surface area (Å²) in [6.07, 6.45) is 6.52. The first kappa shape index (κ1) is 17.6. The largest absolute Gasteiger partial charge is 0.302 e. The molecule has 0 saturated carbocycles. The smallest absolute Gasteiger partial charge is 0.262 e. The number of aryl methyl sites for hydroxylation is 1. The highest BCUT2D eigenvalue weighted by molar-refractivity contribution is 6.17. The van der Waals surface area contributed by atoms with Crippen LogP contribution in [0.5, 0.6) is 0 Å². The summed E-state index contributed by atoms with van der Waals surface area (Å²) in [6, 6.07) is 5.48. The molecule has 1 aromatic rings. The Morgan fingerprint density at radius 2 is 1.88 bits per heavy atom. The van der Waals surface area contributed by atoms with Crippen molar-refractivity contribution < 1.29 is 19.3 Å². The molecule has 2 aliphatic heterocycles. The van der Waals surface area contributed by atoms with Crippen LogP contribution in [0.3, 0.4) is 0 Å². The van der Waals surface area contributed by atoms with Gasteiger partial charge in [0, 0.05) is 18.7 Å². The summed E-state index contributed by atoms with van der Waals surface area (Å²) in [5.74, 6) is 1.18. The second-order valence-corrected chi connectivity index (χ2v) is 6.49. The van der Waals surface area contributed by atoms with Gasteiger partial charge in [0.25, 0.3) is 5.91 Å². The maximum Gasteiger partial charge on any atom is 0.262 e. The third kappa shape index (κ3) is 2.65. The number of ketones is 1. The number of rotatable bonds is 3. The van der Waals surface area contributed by atoms with E-state index >= 15 is 0 Å². The highest BCUT2D eigenvalue weighted by Crippen LogP contribution is 2.43. The Morgan fingerprint density at radius 1 is 1.20 bits per heavy atom. The lowest BCUT2D eigenvalue weighted by molar-refractivity contribution is -0.219. The van der Waals surface area contributed by atoms with Gasteiger partial charge in [-0.2, -0.15) is 5.06 Å². The molecule has 0 aliphatic carbocycles. The Morgan fingerprint density at radius 3 is 2.44 bits per heavy atom. The number of benzene rings is 1. The van der Waals surface area contributed by atoms with Crippen LogP contribution in [-0.2, 0) is 19.3 Å². The van der Waals surface area contributed by atoms with Gasteiger partial charge in [-0.1, -0.05) is 23.6 Å². The number of Topliss-reactive ketones (excluding diaryl/α,β-unsaturated/α-hetero) is 1. The molecular weight excluding hydrogens is 320 g/mol. The molecule has 2 fully saturated rings. The average Bonchev–Trinajstić information content (AvgIpc) is 2.82. The van der Waals surface area contributed by atoms with E-state index in [0.29, 0.717) is 37.1 Å². The molecular formula is C19H22N2O4. The van der Waals surface area contributed by atoms with Crippen molar-refractivity contribution in [3.8, 4) is 12.3 Å². The molecule has 132 valence electrons. The Hall–Kier alpha value is -2.20. The van der Waals surface area contributed by atoms with Crippen LogP contribution in [-0.4, -0.2) is 54.7 Å². The molecule has 0 N–H and O–H groups in total. The van der Waals surface area contributed by atoms with E-state index in [9.17, 15) is 9.59 Å². The number of nitrogens with zero attached hydrogens (tertiary/aromatic N) is 2. The molecule has 0 radical (unpaired) electrons. The van der Waals surface area contributed by atoms with Crippen molar-refractivity contribution in [2.45, 2.75) is 31.2 Å². The van der Waals surface area contributed by atoms with Gasteiger partial charge in [0.15, 0.2) is 5.78 Å². The summed E-state index contributed by atoms with van der Waals surface area (Å²) in [4.78, 5) is 37.0. The Balaban J connectivity index is 2.04. The van der Waals surface area contributed by atoms with Gasteiger partial charge in [-0.15, -0.1) is 6.42 Å². The zero-order valence-corrected chi connectivity index (χ0v) is 14.7. The lowest BCUT2D eigenvalue weighted by Gasteiger charge is -2.40. The summed E-state index contributed by atoms with van der Waals surface area (Å²) in [5, 5.41) is 3.04. The maximum absolute atomic E-state index is 13.4. The fourth-order valence-electron chi connectivity index (χ4n) is 3.89. The predicted octanol–water partition coefficient (Wildman–Crippen LogP) is 1.43. The number of hydroxylamine groups is 4. The number of hydrogen-bond acceptors (Lipinski definition) is 5. The van der Waals surface area contributed by atoms with Crippen LogP contribution in [0.15, 0.2) is 18.2 Å². The van der Waals surface area contributed by atoms with Crippen molar-refractivity contribution in [2.24, 2.45) is 0 Å². The lowest BCUT2D eigenvalue weighted by Crippen LogP contribution is -2.55. The molecule has 1 unspecified atom stereocenters. The molecule has 0 bridgehead atoms. The van der Waals surface area contributed by atoms with Crippen molar-refractivity contribution >= 4 is 11.7 Å². The van der Waals surface area contributed by atoms with Gasteiger partial charge in [-0.25, -0.2) is 5.06 Å². The van der Waals surface area contributed by atoms with E-state index in [0.717, 1.165) is 5.56 Å². The first-order valence-electron chi connectivity index (χ1n) is 8.27. The first-order chi connectivity index (χ1) is 12.0. The molecule has 2 saturated heterocycles. The normalized spacial score (nSPS) is 23.3. The van der Waals surface area contributed by atoms with Crippen molar-refractivity contribution in [1.29, 1.82) is 0 Å². The molecule has 6 nitrogen and oxygen atoms in total. The minimum absolute atomic E-state index is 0.141. The summed E-state index contributed by atoms with van der Waals surface area (Å²) in [7, 11) is 3.03. The maximum atomic E-state index is 13.4. The van der Waals surface area contributed by atoms with Crippen LogP contribution in [0.1, 0.15) is 35.4 Å². The van der Waals surface area contributed by atoms with Crippen molar-refractivity contribution in [1.82, 2.24) is 10.1 Å². The second-order valence-electron chi connectivity index (χ2n) is 6.49. The van der Waals surface area contributed by atoms with Crippen LogP contribution in [0.2, 0.25) is 0 Å². The molecule has 2 aliphatic rings. The lowest BCUT2D eigenvalue weighted by atomic mass is 9.79. The SMILES string of the molecule is C#Cc1ccc(C)cc1C1C(=O)N(OC)C2(CCN(OC)CC2)C1=O. The Kier molecular flexibility index (Phi) is 4.65. The van der Waals surface area contributed by atoms with Crippen molar-refractivity contribution in [3.05, 3.63) is 34.9 Å². The number of piperidine rings is 1. The van der Waals surface area contributed by atoms with Crippen LogP contribution in [0.4, 0.5) is 0 Å². The van der Waals surface area contributed by atoms with E-state index in [2.05, 4.69) is 5.92 Å². The monoisotopic (exact) mass is 342 g/mol. The number of carbonyl (C=O) groups is 2. The van der Waals surface area contributed by atoms with E-state index in [1.165, 1.54) is 12.2 Å². The summed E-state index contributed by atoms with van der Waals surface area (Å²) < 4.78 is 0. The molecule has 6 heteroatoms. The van der Waals surface area contributed by atoms with Gasteiger partial charge in [0.05, 0.1) is 14.2 Å². The molecule has 1 amide bonds. The van der Waals surface area contributed by atoms with Gasteiger partial charge in [-0.3, -0.25) is 14.4 Å². The minimum Gasteiger partial charge on any atom is -0.302 e. The predicted molar refractivity (Wildman–Crippen MR) is 91.3 cm³/mol. The van der Waals surface area contributed by atoms with Crippen LogP contribution in [0.25, 0.3) is 0 Å². The number of carbonyl (C=O) groups excluding carboxylic acids is 2. The van der Waals surface area contributed by atoms with E-state index in [-0.39, 0.29) is 11.7 Å². The molecule has 3 rings (SSSR count). The number of hydrogen-bond donors (Lipinski definition) is 0. The number of amides is 1. The van der Waals surface area contributed by atoms with Gasteiger partial charge in [-0.05, 0) is 31.4 Å². The average molecular weight is 342 g/mol.